The number of ether oxygens (including phenoxy) is 6. The normalized spacial score (nSPS) is 10.3. The second kappa shape index (κ2) is 31.6. The Balaban J connectivity index is -0.000000199. The molecule has 0 aromatic rings. The summed E-state index contributed by atoms with van der Waals surface area (Å²) in [6, 6.07) is -0.161. The minimum absolute atomic E-state index is 0. The van der Waals surface area contributed by atoms with Crippen molar-refractivity contribution in [3.05, 3.63) is 25.3 Å². The van der Waals surface area contributed by atoms with Crippen molar-refractivity contribution in [1.82, 2.24) is 0 Å². The maximum Gasteiger partial charge on any atom is 1.00 e. The fraction of sp³-hybridized carbons (Fsp3) is 0.696. The van der Waals surface area contributed by atoms with E-state index in [0.717, 1.165) is 0 Å². The molecule has 20 heteroatoms. The summed E-state index contributed by atoms with van der Waals surface area (Å²) in [6.45, 7) is 15.6. The summed E-state index contributed by atoms with van der Waals surface area (Å²) in [7, 11) is -3.77. The van der Waals surface area contributed by atoms with Crippen LogP contribution in [0.2, 0.25) is 0 Å². The van der Waals surface area contributed by atoms with E-state index in [1.807, 2.05) is 0 Å². The summed E-state index contributed by atoms with van der Waals surface area (Å²) >= 11 is 5.06. The molecule has 0 unspecified atom stereocenters. The van der Waals surface area contributed by atoms with E-state index >= 15 is 0 Å². The van der Waals surface area contributed by atoms with Crippen LogP contribution < -0.4 is 53.5 Å². The Morgan fingerprint density at radius 1 is 0.674 bits per heavy atom. The fourth-order valence-corrected chi connectivity index (χ4v) is 3.60. The van der Waals surface area contributed by atoms with Crippen molar-refractivity contribution >= 4 is 45.3 Å². The van der Waals surface area contributed by atoms with Gasteiger partial charge in [0.15, 0.2) is 6.07 Å². The molecule has 0 spiro atoms. The minimum Gasteiger partial charge on any atom is -1.00 e. The summed E-state index contributed by atoms with van der Waals surface area (Å²) < 4.78 is 69.6. The first-order valence-corrected chi connectivity index (χ1v) is 15.9. The smallest absolute Gasteiger partial charge is 1.00 e. The van der Waals surface area contributed by atoms with E-state index < -0.39 is 47.2 Å². The molecule has 0 aliphatic heterocycles. The van der Waals surface area contributed by atoms with E-state index in [1.165, 1.54) is 26.4 Å². The van der Waals surface area contributed by atoms with Gasteiger partial charge in [0.1, 0.15) is 0 Å². The second-order valence-electron chi connectivity index (χ2n) is 7.82. The Bertz CT molecular complexity index is 823. The van der Waals surface area contributed by atoms with Gasteiger partial charge in [-0.3, -0.25) is 18.2 Å². The maximum atomic E-state index is 12.2. The van der Waals surface area contributed by atoms with Crippen molar-refractivity contribution in [2.75, 3.05) is 46.2 Å². The summed E-state index contributed by atoms with van der Waals surface area (Å²) in [5, 5.41) is 0. The van der Waals surface area contributed by atoms with Crippen LogP contribution in [-0.2, 0) is 55.6 Å². The topological polar surface area (TPSA) is 178 Å². The monoisotopic (exact) mass is 806 g/mol. The van der Waals surface area contributed by atoms with Gasteiger partial charge in [-0.15, -0.1) is 13.2 Å². The van der Waals surface area contributed by atoms with Crippen LogP contribution in [0.1, 0.15) is 41.5 Å². The predicted molar refractivity (Wildman–Crippen MR) is 150 cm³/mol. The van der Waals surface area contributed by atoms with Gasteiger partial charge >= 0.3 is 63.2 Å². The zero-order valence-corrected chi connectivity index (χ0v) is 32.8. The summed E-state index contributed by atoms with van der Waals surface area (Å²) in [5.41, 5.74) is 0. The largest absolute Gasteiger partial charge is 1.00 e. The maximum absolute atomic E-state index is 12.2. The summed E-state index contributed by atoms with van der Waals surface area (Å²) in [6.07, 6.45) is -0.645. The van der Waals surface area contributed by atoms with Crippen LogP contribution in [0.5, 0.6) is 0 Å². The SMILES string of the molecule is C=CCP(=O)(OC)OC.C=CCP(=O)(OCOC(=O)OC(C)C)OCOC(=O)OC(C)C.CC(C)OC(=O)OCCl.[I-].[Na+]. The molecule has 0 radical (unpaired) electrons. The number of carbonyl (C=O) groups excluding carboxylic acids is 3. The minimum atomic E-state index is -3.68. The van der Waals surface area contributed by atoms with Crippen molar-refractivity contribution in [2.24, 2.45) is 0 Å². The molecule has 0 amide bonds. The van der Waals surface area contributed by atoms with Crippen LogP contribution in [0.4, 0.5) is 14.4 Å². The Morgan fingerprint density at radius 3 is 1.21 bits per heavy atom. The third-order valence-electron chi connectivity index (χ3n) is 3.28. The summed E-state index contributed by atoms with van der Waals surface area (Å²) in [4.78, 5) is 32.6. The third kappa shape index (κ3) is 36.0. The van der Waals surface area contributed by atoms with Crippen LogP contribution in [0, 0.1) is 0 Å². The molecule has 0 saturated carbocycles. The first-order valence-electron chi connectivity index (χ1n) is 11.9. The third-order valence-corrected chi connectivity index (χ3v) is 6.91. The molecule has 0 aliphatic rings. The molecule has 0 aliphatic carbocycles. The quantitative estimate of drug-likeness (QED) is 0.0313. The molecule has 0 aromatic carbocycles. The van der Waals surface area contributed by atoms with Crippen LogP contribution >= 0.6 is 26.8 Å². The number of alkyl halides is 1. The number of rotatable bonds is 16. The van der Waals surface area contributed by atoms with Gasteiger partial charge in [0.25, 0.3) is 0 Å². The molecular formula is C23H43ClINaO15P2. The van der Waals surface area contributed by atoms with E-state index in [2.05, 4.69) is 41.2 Å². The van der Waals surface area contributed by atoms with E-state index in [0.29, 0.717) is 0 Å². The second-order valence-corrected chi connectivity index (χ2v) is 12.5. The molecular weight excluding hydrogens is 764 g/mol. The van der Waals surface area contributed by atoms with E-state index in [-0.39, 0.29) is 90.2 Å². The number of allylic oxidation sites excluding steroid dienone is 2. The van der Waals surface area contributed by atoms with Gasteiger partial charge in [-0.25, -0.2) is 14.4 Å². The zero-order chi connectivity index (χ0) is 32.5. The Hall–Kier alpha value is -0.390. The van der Waals surface area contributed by atoms with Crippen molar-refractivity contribution in [3.8, 4) is 0 Å². The van der Waals surface area contributed by atoms with Gasteiger partial charge in [0.05, 0.1) is 30.6 Å². The van der Waals surface area contributed by atoms with Crippen molar-refractivity contribution in [3.63, 3.8) is 0 Å². The first-order chi connectivity index (χ1) is 19.0. The standard InChI is InChI=1S/C13H23O9P.C5H9ClO3.C5H11O3P.HI.Na/c1-6-7-23(16,19-8-17-12(14)21-10(2)3)20-9-18-13(15)22-11(4)5;1-4(2)9-5(7)8-3-6;1-4-5-9(6,7-2)8-3;;/h6,10-11H,1,7-9H2,2-5H3;4H,3H2,1-2H3;4H,1,5H2,2-3H3;1H;/q;;;;+1/p-1. The molecule has 0 N–H and O–H groups in total. The van der Waals surface area contributed by atoms with Crippen LogP contribution in [0.15, 0.2) is 25.3 Å². The van der Waals surface area contributed by atoms with Gasteiger partial charge in [-0.2, -0.15) is 0 Å². The Labute approximate surface area is 298 Å². The Morgan fingerprint density at radius 2 is 0.977 bits per heavy atom. The van der Waals surface area contributed by atoms with Gasteiger partial charge < -0.3 is 61.4 Å². The van der Waals surface area contributed by atoms with Gasteiger partial charge in [0.2, 0.25) is 13.6 Å². The molecule has 250 valence electrons. The van der Waals surface area contributed by atoms with Crippen molar-refractivity contribution < 1.29 is 124 Å². The number of carbonyl (C=O) groups is 3. The van der Waals surface area contributed by atoms with Gasteiger partial charge in [-0.1, -0.05) is 23.8 Å². The van der Waals surface area contributed by atoms with Crippen LogP contribution in [0.3, 0.4) is 0 Å². The van der Waals surface area contributed by atoms with Gasteiger partial charge in [0, 0.05) is 14.2 Å². The Kier molecular flexibility index (Phi) is 38.3. The van der Waals surface area contributed by atoms with Gasteiger partial charge in [-0.05, 0) is 41.5 Å². The molecule has 0 aromatic heterocycles. The summed E-state index contributed by atoms with van der Waals surface area (Å²) in [5.74, 6) is 0. The molecule has 15 nitrogen and oxygen atoms in total. The van der Waals surface area contributed by atoms with Crippen LogP contribution in [0.25, 0.3) is 0 Å². The molecule has 0 fully saturated rings. The van der Waals surface area contributed by atoms with E-state index in [4.69, 9.17) is 30.1 Å². The number of hydrogen-bond donors (Lipinski definition) is 0. The fourth-order valence-electron chi connectivity index (χ4n) is 1.72. The number of hydrogen-bond acceptors (Lipinski definition) is 15. The molecule has 0 saturated heterocycles. The molecule has 0 heterocycles. The van der Waals surface area contributed by atoms with E-state index in [9.17, 15) is 23.5 Å². The first kappa shape index (κ1) is 52.2. The molecule has 0 rings (SSSR count). The predicted octanol–water partition coefficient (Wildman–Crippen LogP) is 0.848. The van der Waals surface area contributed by atoms with Crippen molar-refractivity contribution in [2.45, 2.75) is 59.9 Å². The molecule has 0 atom stereocenters. The molecule has 0 bridgehead atoms. The zero-order valence-electron chi connectivity index (χ0n) is 26.1. The van der Waals surface area contributed by atoms with Crippen LogP contribution in [-0.4, -0.2) is 83.0 Å². The number of halogens is 2. The molecule has 43 heavy (non-hydrogen) atoms. The average molecular weight is 807 g/mol. The average Bonchev–Trinajstić information content (AvgIpc) is 2.84. The van der Waals surface area contributed by atoms with Crippen molar-refractivity contribution in [1.29, 1.82) is 0 Å². The van der Waals surface area contributed by atoms with E-state index in [1.54, 1.807) is 41.5 Å².